The van der Waals surface area contributed by atoms with Crippen LogP contribution in [0.3, 0.4) is 0 Å². The van der Waals surface area contributed by atoms with Crippen molar-refractivity contribution in [2.24, 2.45) is 0 Å². The maximum absolute atomic E-state index is 11.5. The van der Waals surface area contributed by atoms with E-state index in [0.29, 0.717) is 19.6 Å². The van der Waals surface area contributed by atoms with Gasteiger partial charge < -0.3 is 15.4 Å². The summed E-state index contributed by atoms with van der Waals surface area (Å²) in [6.45, 7) is 4.12. The van der Waals surface area contributed by atoms with Crippen molar-refractivity contribution in [1.29, 1.82) is 0 Å². The van der Waals surface area contributed by atoms with E-state index in [9.17, 15) is 4.79 Å². The van der Waals surface area contributed by atoms with Crippen LogP contribution in [-0.4, -0.2) is 32.7 Å². The largest absolute Gasteiger partial charge is 0.494 e. The molecule has 2 N–H and O–H groups in total. The van der Waals surface area contributed by atoms with Crippen LogP contribution in [0.2, 0.25) is 0 Å². The molecule has 4 nitrogen and oxygen atoms in total. The number of benzene rings is 1. The minimum absolute atomic E-state index is 0. The van der Waals surface area contributed by atoms with Crippen LogP contribution in [0.5, 0.6) is 5.75 Å². The van der Waals surface area contributed by atoms with Crippen molar-refractivity contribution < 1.29 is 9.53 Å². The summed E-state index contributed by atoms with van der Waals surface area (Å²) < 4.78 is 5.37. The van der Waals surface area contributed by atoms with Gasteiger partial charge in [0.25, 0.3) is 0 Å². The smallest absolute Gasteiger partial charge is 0.220 e. The Balaban J connectivity index is 0.00000324. The maximum Gasteiger partial charge on any atom is 0.220 e. The van der Waals surface area contributed by atoms with Gasteiger partial charge in [0.1, 0.15) is 5.75 Å². The number of likely N-dealkylation sites (N-methyl/N-ethyl adjacent to an activating group) is 1. The summed E-state index contributed by atoms with van der Waals surface area (Å²) >= 11 is 0. The molecule has 0 bridgehead atoms. The van der Waals surface area contributed by atoms with Crippen LogP contribution < -0.4 is 15.4 Å². The molecule has 0 saturated heterocycles. The minimum atomic E-state index is 0. The summed E-state index contributed by atoms with van der Waals surface area (Å²) in [6, 6.07) is 7.90. The predicted molar refractivity (Wildman–Crippen MR) is 80.1 cm³/mol. The van der Waals surface area contributed by atoms with Gasteiger partial charge in [0, 0.05) is 19.5 Å². The van der Waals surface area contributed by atoms with Gasteiger partial charge in [0.15, 0.2) is 0 Å². The molecular formula is C14H23ClN2O2. The maximum atomic E-state index is 11.5. The van der Waals surface area contributed by atoms with Crippen molar-refractivity contribution >= 4 is 18.3 Å². The topological polar surface area (TPSA) is 50.4 Å². The first-order valence-corrected chi connectivity index (χ1v) is 6.39. The van der Waals surface area contributed by atoms with Crippen molar-refractivity contribution in [2.75, 3.05) is 26.7 Å². The van der Waals surface area contributed by atoms with Crippen LogP contribution in [0, 0.1) is 0 Å². The molecule has 1 aromatic rings. The molecule has 1 amide bonds. The molecular weight excluding hydrogens is 264 g/mol. The van der Waals surface area contributed by atoms with Gasteiger partial charge in [-0.05, 0) is 38.1 Å². The fourth-order valence-corrected chi connectivity index (χ4v) is 1.59. The number of hydrogen-bond donors (Lipinski definition) is 2. The second kappa shape index (κ2) is 10.6. The first-order chi connectivity index (χ1) is 8.76. The zero-order valence-electron chi connectivity index (χ0n) is 11.6. The molecule has 0 aliphatic carbocycles. The molecule has 1 aromatic carbocycles. The first-order valence-electron chi connectivity index (χ1n) is 6.39. The summed E-state index contributed by atoms with van der Waals surface area (Å²) in [6.07, 6.45) is 1.29. The Morgan fingerprint density at radius 2 is 1.89 bits per heavy atom. The Morgan fingerprint density at radius 1 is 1.21 bits per heavy atom. The van der Waals surface area contributed by atoms with Crippen LogP contribution in [-0.2, 0) is 11.2 Å². The number of hydrogen-bond acceptors (Lipinski definition) is 3. The molecule has 108 valence electrons. The SMILES string of the molecule is CCOc1ccc(CCC(=O)NCCNC)cc1.Cl. The quantitative estimate of drug-likeness (QED) is 0.716. The van der Waals surface area contributed by atoms with Gasteiger partial charge in [-0.3, -0.25) is 4.79 Å². The van der Waals surface area contributed by atoms with Crippen LogP contribution in [0.25, 0.3) is 0 Å². The number of aryl methyl sites for hydroxylation is 1. The van der Waals surface area contributed by atoms with Crippen molar-refractivity contribution in [1.82, 2.24) is 10.6 Å². The van der Waals surface area contributed by atoms with Crippen molar-refractivity contribution in [3.05, 3.63) is 29.8 Å². The van der Waals surface area contributed by atoms with E-state index < -0.39 is 0 Å². The van der Waals surface area contributed by atoms with Crippen molar-refractivity contribution in [2.45, 2.75) is 19.8 Å². The molecule has 0 radical (unpaired) electrons. The Morgan fingerprint density at radius 3 is 2.47 bits per heavy atom. The lowest BCUT2D eigenvalue weighted by atomic mass is 10.1. The van der Waals surface area contributed by atoms with Crippen molar-refractivity contribution in [3.8, 4) is 5.75 Å². The lowest BCUT2D eigenvalue weighted by Gasteiger charge is -2.06. The third-order valence-corrected chi connectivity index (χ3v) is 2.57. The zero-order valence-corrected chi connectivity index (χ0v) is 12.4. The van der Waals surface area contributed by atoms with Gasteiger partial charge in [0.2, 0.25) is 5.91 Å². The van der Waals surface area contributed by atoms with E-state index in [1.54, 1.807) is 0 Å². The molecule has 0 aliphatic rings. The van der Waals surface area contributed by atoms with Gasteiger partial charge in [-0.2, -0.15) is 0 Å². The summed E-state index contributed by atoms with van der Waals surface area (Å²) in [5.41, 5.74) is 1.15. The number of ether oxygens (including phenoxy) is 1. The summed E-state index contributed by atoms with van der Waals surface area (Å²) in [4.78, 5) is 11.5. The van der Waals surface area contributed by atoms with Crippen LogP contribution in [0.15, 0.2) is 24.3 Å². The second-order valence-corrected chi connectivity index (χ2v) is 4.03. The highest BCUT2D eigenvalue weighted by Crippen LogP contribution is 2.13. The second-order valence-electron chi connectivity index (χ2n) is 4.03. The minimum Gasteiger partial charge on any atom is -0.494 e. The van der Waals surface area contributed by atoms with E-state index in [1.807, 2.05) is 38.2 Å². The van der Waals surface area contributed by atoms with Gasteiger partial charge in [-0.25, -0.2) is 0 Å². The van der Waals surface area contributed by atoms with E-state index in [-0.39, 0.29) is 18.3 Å². The number of carbonyl (C=O) groups is 1. The molecule has 0 unspecified atom stereocenters. The Hall–Kier alpha value is -1.26. The molecule has 0 aliphatic heterocycles. The summed E-state index contributed by atoms with van der Waals surface area (Å²) in [7, 11) is 1.87. The lowest BCUT2D eigenvalue weighted by molar-refractivity contribution is -0.121. The highest BCUT2D eigenvalue weighted by atomic mass is 35.5. The molecule has 0 saturated carbocycles. The van der Waals surface area contributed by atoms with Gasteiger partial charge in [-0.15, -0.1) is 12.4 Å². The van der Waals surface area contributed by atoms with Crippen LogP contribution in [0.4, 0.5) is 0 Å². The number of carbonyl (C=O) groups excluding carboxylic acids is 1. The van der Waals surface area contributed by atoms with Gasteiger partial charge in [-0.1, -0.05) is 12.1 Å². The fourth-order valence-electron chi connectivity index (χ4n) is 1.59. The number of amides is 1. The zero-order chi connectivity index (χ0) is 13.2. The molecule has 0 fully saturated rings. The van der Waals surface area contributed by atoms with Crippen LogP contribution >= 0.6 is 12.4 Å². The molecule has 0 aromatic heterocycles. The monoisotopic (exact) mass is 286 g/mol. The molecule has 19 heavy (non-hydrogen) atoms. The summed E-state index contributed by atoms with van der Waals surface area (Å²) in [5.74, 6) is 0.971. The molecule has 0 spiro atoms. The molecule has 1 rings (SSSR count). The first kappa shape index (κ1) is 17.7. The van der Waals surface area contributed by atoms with E-state index in [4.69, 9.17) is 4.74 Å². The van der Waals surface area contributed by atoms with Crippen LogP contribution in [0.1, 0.15) is 18.9 Å². The molecule has 0 atom stereocenters. The predicted octanol–water partition coefficient (Wildman–Crippen LogP) is 1.78. The van der Waals surface area contributed by atoms with E-state index in [0.717, 1.165) is 24.3 Å². The molecule has 5 heteroatoms. The standard InChI is InChI=1S/C14H22N2O2.ClH/c1-3-18-13-7-4-12(5-8-13)6-9-14(17)16-11-10-15-2;/h4-5,7-8,15H,3,6,9-11H2,1-2H3,(H,16,17);1H. The van der Waals surface area contributed by atoms with Gasteiger partial charge >= 0.3 is 0 Å². The lowest BCUT2D eigenvalue weighted by Crippen LogP contribution is -2.30. The average Bonchev–Trinajstić information content (AvgIpc) is 2.39. The number of halogens is 1. The van der Waals surface area contributed by atoms with E-state index in [1.165, 1.54) is 0 Å². The number of nitrogens with one attached hydrogen (secondary N) is 2. The Bertz CT molecular complexity index is 355. The van der Waals surface area contributed by atoms with Gasteiger partial charge in [0.05, 0.1) is 6.61 Å². The summed E-state index contributed by atoms with van der Waals surface area (Å²) in [5, 5.41) is 5.85. The average molecular weight is 287 g/mol. The Kier molecular flexibility index (Phi) is 9.94. The van der Waals surface area contributed by atoms with E-state index in [2.05, 4.69) is 10.6 Å². The van der Waals surface area contributed by atoms with E-state index >= 15 is 0 Å². The van der Waals surface area contributed by atoms with Crippen molar-refractivity contribution in [3.63, 3.8) is 0 Å². The highest BCUT2D eigenvalue weighted by molar-refractivity contribution is 5.85. The number of rotatable bonds is 8. The third-order valence-electron chi connectivity index (χ3n) is 2.57. The normalized spacial score (nSPS) is 9.58. The third kappa shape index (κ3) is 7.70. The highest BCUT2D eigenvalue weighted by Gasteiger charge is 2.01. The molecule has 0 heterocycles. The fraction of sp³-hybridized carbons (Fsp3) is 0.500. The Labute approximate surface area is 121 Å².